The molecule has 0 aliphatic rings. The number of hydrogen-bond acceptors (Lipinski definition) is 6. The Bertz CT molecular complexity index is 814. The van der Waals surface area contributed by atoms with Gasteiger partial charge in [0, 0.05) is 5.56 Å². The van der Waals surface area contributed by atoms with E-state index < -0.39 is 0 Å². The smallest absolute Gasteiger partial charge is 0.262 e. The van der Waals surface area contributed by atoms with E-state index in [-0.39, 0.29) is 0 Å². The van der Waals surface area contributed by atoms with Crippen LogP contribution in [-0.4, -0.2) is 31.5 Å². The van der Waals surface area contributed by atoms with Crippen LogP contribution in [0.2, 0.25) is 0 Å². The van der Waals surface area contributed by atoms with Crippen LogP contribution in [0.25, 0.3) is 22.8 Å². The van der Waals surface area contributed by atoms with Crippen molar-refractivity contribution >= 4 is 0 Å². The van der Waals surface area contributed by atoms with Crippen molar-refractivity contribution in [1.82, 2.24) is 10.1 Å². The van der Waals surface area contributed by atoms with Crippen molar-refractivity contribution in [3.63, 3.8) is 0 Å². The number of nitrogens with zero attached hydrogens (tertiary/aromatic N) is 2. The summed E-state index contributed by atoms with van der Waals surface area (Å²) in [6.45, 7) is 0. The molecule has 1 aromatic heterocycles. The van der Waals surface area contributed by atoms with Gasteiger partial charge in [0.05, 0.1) is 26.9 Å². The first kappa shape index (κ1) is 14.9. The minimum absolute atomic E-state index is 0.360. The molecule has 0 N–H and O–H groups in total. The highest BCUT2D eigenvalue weighted by molar-refractivity contribution is 5.69. The van der Waals surface area contributed by atoms with Crippen LogP contribution < -0.4 is 14.2 Å². The molecule has 3 aromatic rings. The summed E-state index contributed by atoms with van der Waals surface area (Å²) in [7, 11) is 4.76. The van der Waals surface area contributed by atoms with E-state index in [1.54, 1.807) is 21.3 Å². The maximum Gasteiger partial charge on any atom is 0.262 e. The molecule has 0 saturated carbocycles. The summed E-state index contributed by atoms with van der Waals surface area (Å²) < 4.78 is 21.3. The molecule has 0 spiro atoms. The molecule has 0 radical (unpaired) electrons. The second-order valence-corrected chi connectivity index (χ2v) is 4.70. The topological polar surface area (TPSA) is 66.6 Å². The molecule has 6 heteroatoms. The predicted octanol–water partition coefficient (Wildman–Crippen LogP) is 3.43. The first-order valence-corrected chi connectivity index (χ1v) is 6.96. The van der Waals surface area contributed by atoms with E-state index in [4.69, 9.17) is 18.7 Å². The van der Waals surface area contributed by atoms with Crippen LogP contribution in [0.15, 0.2) is 47.0 Å². The average molecular weight is 312 g/mol. The van der Waals surface area contributed by atoms with Crippen LogP contribution in [0.4, 0.5) is 0 Å². The zero-order chi connectivity index (χ0) is 16.2. The number of benzene rings is 2. The lowest BCUT2D eigenvalue weighted by Crippen LogP contribution is -1.93. The van der Waals surface area contributed by atoms with E-state index in [2.05, 4.69) is 10.1 Å². The predicted molar refractivity (Wildman–Crippen MR) is 84.8 cm³/mol. The van der Waals surface area contributed by atoms with E-state index >= 15 is 0 Å². The van der Waals surface area contributed by atoms with E-state index in [0.717, 1.165) is 11.3 Å². The molecule has 0 amide bonds. The fourth-order valence-electron chi connectivity index (χ4n) is 2.27. The second-order valence-electron chi connectivity index (χ2n) is 4.70. The highest BCUT2D eigenvalue weighted by Crippen LogP contribution is 2.37. The monoisotopic (exact) mass is 312 g/mol. The van der Waals surface area contributed by atoms with Crippen molar-refractivity contribution in [2.75, 3.05) is 21.3 Å². The van der Waals surface area contributed by atoms with Crippen LogP contribution in [0.3, 0.4) is 0 Å². The summed E-state index contributed by atoms with van der Waals surface area (Å²) >= 11 is 0. The fourth-order valence-corrected chi connectivity index (χ4v) is 2.27. The van der Waals surface area contributed by atoms with Crippen molar-refractivity contribution in [2.24, 2.45) is 0 Å². The van der Waals surface area contributed by atoms with Gasteiger partial charge in [0.25, 0.3) is 5.89 Å². The molecule has 0 aliphatic carbocycles. The molecular weight excluding hydrogens is 296 g/mol. The van der Waals surface area contributed by atoms with E-state index in [1.807, 2.05) is 42.5 Å². The molecule has 0 unspecified atom stereocenters. The highest BCUT2D eigenvalue weighted by atomic mass is 16.5. The summed E-state index contributed by atoms with van der Waals surface area (Å²) in [5, 5.41) is 4.03. The third-order valence-electron chi connectivity index (χ3n) is 3.39. The molecule has 0 fully saturated rings. The first-order valence-electron chi connectivity index (χ1n) is 6.96. The molecule has 0 aliphatic heterocycles. The van der Waals surface area contributed by atoms with Crippen molar-refractivity contribution in [2.45, 2.75) is 0 Å². The zero-order valence-corrected chi connectivity index (χ0v) is 13.1. The van der Waals surface area contributed by atoms with Crippen LogP contribution in [0.1, 0.15) is 0 Å². The molecule has 6 nitrogen and oxygen atoms in total. The van der Waals surface area contributed by atoms with Gasteiger partial charge < -0.3 is 18.7 Å². The third-order valence-corrected chi connectivity index (χ3v) is 3.39. The van der Waals surface area contributed by atoms with Gasteiger partial charge in [-0.1, -0.05) is 23.4 Å². The van der Waals surface area contributed by atoms with E-state index in [9.17, 15) is 0 Å². The molecule has 23 heavy (non-hydrogen) atoms. The maximum absolute atomic E-state index is 5.40. The van der Waals surface area contributed by atoms with Crippen LogP contribution in [0, 0.1) is 0 Å². The van der Waals surface area contributed by atoms with Gasteiger partial charge >= 0.3 is 0 Å². The molecule has 118 valence electrons. The molecule has 1 heterocycles. The number of hydrogen-bond donors (Lipinski definition) is 0. The average Bonchev–Trinajstić information content (AvgIpc) is 3.10. The lowest BCUT2D eigenvalue weighted by molar-refractivity contribution is 0.353. The van der Waals surface area contributed by atoms with Gasteiger partial charge in [0.1, 0.15) is 5.75 Å². The number of para-hydroxylation sites is 1. The van der Waals surface area contributed by atoms with Gasteiger partial charge in [0.2, 0.25) is 5.82 Å². The van der Waals surface area contributed by atoms with Crippen LogP contribution >= 0.6 is 0 Å². The third kappa shape index (κ3) is 2.83. The summed E-state index contributed by atoms with van der Waals surface area (Å²) in [4.78, 5) is 4.44. The summed E-state index contributed by atoms with van der Waals surface area (Å²) in [6.07, 6.45) is 0. The Morgan fingerprint density at radius 3 is 2.48 bits per heavy atom. The normalized spacial score (nSPS) is 10.4. The number of aromatic nitrogens is 2. The van der Waals surface area contributed by atoms with Gasteiger partial charge in [-0.3, -0.25) is 0 Å². The van der Waals surface area contributed by atoms with Gasteiger partial charge in [-0.15, -0.1) is 0 Å². The molecule has 0 saturated heterocycles. The van der Waals surface area contributed by atoms with Crippen LogP contribution in [-0.2, 0) is 0 Å². The minimum atomic E-state index is 0.360. The van der Waals surface area contributed by atoms with Crippen molar-refractivity contribution in [1.29, 1.82) is 0 Å². The van der Waals surface area contributed by atoms with Gasteiger partial charge in [-0.25, -0.2) is 0 Å². The van der Waals surface area contributed by atoms with Gasteiger partial charge in [-0.05, 0) is 24.3 Å². The summed E-state index contributed by atoms with van der Waals surface area (Å²) in [6, 6.07) is 12.9. The molecular formula is C17H16N2O4. The number of ether oxygens (including phenoxy) is 3. The number of rotatable bonds is 5. The summed E-state index contributed by atoms with van der Waals surface area (Å²) in [5.41, 5.74) is 1.48. The highest BCUT2D eigenvalue weighted by Gasteiger charge is 2.18. The largest absolute Gasteiger partial charge is 0.497 e. The second kappa shape index (κ2) is 6.39. The van der Waals surface area contributed by atoms with E-state index in [0.29, 0.717) is 28.8 Å². The lowest BCUT2D eigenvalue weighted by atomic mass is 10.1. The Labute approximate surface area is 133 Å². The Balaban J connectivity index is 2.02. The molecule has 2 aromatic carbocycles. The lowest BCUT2D eigenvalue weighted by Gasteiger charge is -2.09. The van der Waals surface area contributed by atoms with Crippen molar-refractivity contribution in [3.8, 4) is 40.1 Å². The summed E-state index contributed by atoms with van der Waals surface area (Å²) in [5.74, 6) is 2.72. The zero-order valence-electron chi connectivity index (χ0n) is 13.1. The first-order chi connectivity index (χ1) is 11.3. The molecule has 0 bridgehead atoms. The van der Waals surface area contributed by atoms with Crippen molar-refractivity contribution in [3.05, 3.63) is 42.5 Å². The molecule has 3 rings (SSSR count). The van der Waals surface area contributed by atoms with Crippen LogP contribution in [0.5, 0.6) is 17.2 Å². The Hall–Kier alpha value is -3.02. The Morgan fingerprint density at radius 2 is 1.74 bits per heavy atom. The van der Waals surface area contributed by atoms with E-state index in [1.165, 1.54) is 0 Å². The van der Waals surface area contributed by atoms with Crippen molar-refractivity contribution < 1.29 is 18.7 Å². The maximum atomic E-state index is 5.40. The SMILES string of the molecule is COc1cccc(-c2noc(-c3cccc(OC)c3OC)n2)c1. The Kier molecular flexibility index (Phi) is 4.14. The van der Waals surface area contributed by atoms with Gasteiger partial charge in [0.15, 0.2) is 11.5 Å². The quantitative estimate of drug-likeness (QED) is 0.719. The minimum Gasteiger partial charge on any atom is -0.497 e. The number of methoxy groups -OCH3 is 3. The standard InChI is InChI=1S/C17H16N2O4/c1-20-12-7-4-6-11(10-12)16-18-17(23-19-16)13-8-5-9-14(21-2)15(13)22-3/h4-10H,1-3H3. The Morgan fingerprint density at radius 1 is 0.913 bits per heavy atom. The fraction of sp³-hybridized carbons (Fsp3) is 0.176. The molecule has 0 atom stereocenters. The van der Waals surface area contributed by atoms with Gasteiger partial charge in [-0.2, -0.15) is 4.98 Å².